The molecule has 0 radical (unpaired) electrons. The summed E-state index contributed by atoms with van der Waals surface area (Å²) in [6.07, 6.45) is 0.0208. The number of ether oxygens (including phenoxy) is 1. The Bertz CT molecular complexity index is 481. The maximum absolute atomic E-state index is 12.1. The summed E-state index contributed by atoms with van der Waals surface area (Å²) in [6, 6.07) is 5.04. The Hall–Kier alpha value is -1.30. The number of likely N-dealkylation sites (N-methyl/N-ethyl adjacent to an activating group) is 1. The number of hydrogen-bond donors (Lipinski definition) is 2. The van der Waals surface area contributed by atoms with Gasteiger partial charge in [0.1, 0.15) is 0 Å². The quantitative estimate of drug-likeness (QED) is 0.824. The Balaban J connectivity index is 1.90. The molecule has 0 saturated carbocycles. The summed E-state index contributed by atoms with van der Waals surface area (Å²) in [6.45, 7) is 6.07. The van der Waals surface area contributed by atoms with Gasteiger partial charge in [0.15, 0.2) is 0 Å². The number of nitrogens with two attached hydrogens (primary N) is 1. The molecule has 0 bridgehead atoms. The number of amides is 1. The minimum absolute atomic E-state index is 0.0208. The summed E-state index contributed by atoms with van der Waals surface area (Å²) >= 11 is 6.03. The van der Waals surface area contributed by atoms with E-state index in [4.69, 9.17) is 22.1 Å². The fourth-order valence-electron chi connectivity index (χ4n) is 2.22. The highest BCUT2D eigenvalue weighted by molar-refractivity contribution is 6.36. The lowest BCUT2D eigenvalue weighted by Crippen LogP contribution is -2.47. The van der Waals surface area contributed by atoms with Crippen LogP contribution in [0.3, 0.4) is 0 Å². The van der Waals surface area contributed by atoms with E-state index in [2.05, 4.69) is 17.1 Å². The maximum Gasteiger partial charge on any atom is 0.252 e. The molecule has 5 nitrogen and oxygen atoms in total. The van der Waals surface area contributed by atoms with Crippen LogP contribution in [0.5, 0.6) is 0 Å². The molecule has 1 fully saturated rings. The first-order chi connectivity index (χ1) is 9.61. The second kappa shape index (κ2) is 6.92. The van der Waals surface area contributed by atoms with Gasteiger partial charge in [0.05, 0.1) is 29.0 Å². The highest BCUT2D eigenvalue weighted by Gasteiger charge is 2.20. The lowest BCUT2D eigenvalue weighted by Gasteiger charge is -2.32. The van der Waals surface area contributed by atoms with Crippen LogP contribution in [0.2, 0.25) is 5.02 Å². The summed E-state index contributed by atoms with van der Waals surface area (Å²) in [7, 11) is 0. The molecule has 1 aliphatic heterocycles. The third kappa shape index (κ3) is 3.62. The second-order valence-corrected chi connectivity index (χ2v) is 5.18. The fraction of sp³-hybridized carbons (Fsp3) is 0.500. The number of carbonyl (C=O) groups is 1. The molecule has 1 saturated heterocycles. The average molecular weight is 298 g/mol. The van der Waals surface area contributed by atoms with E-state index in [-0.39, 0.29) is 12.0 Å². The SMILES string of the molecule is CCN1CCOC(CNC(=O)c2cccc(N)c2Cl)C1. The van der Waals surface area contributed by atoms with Gasteiger partial charge in [-0.05, 0) is 18.7 Å². The van der Waals surface area contributed by atoms with Crippen LogP contribution in [-0.4, -0.2) is 49.7 Å². The zero-order valence-electron chi connectivity index (χ0n) is 11.6. The van der Waals surface area contributed by atoms with E-state index in [0.717, 1.165) is 19.6 Å². The van der Waals surface area contributed by atoms with Gasteiger partial charge < -0.3 is 15.8 Å². The zero-order chi connectivity index (χ0) is 14.5. The summed E-state index contributed by atoms with van der Waals surface area (Å²) in [5, 5.41) is 3.15. The molecule has 0 spiro atoms. The van der Waals surface area contributed by atoms with Gasteiger partial charge in [-0.25, -0.2) is 0 Å². The van der Waals surface area contributed by atoms with E-state index in [1.807, 2.05) is 0 Å². The van der Waals surface area contributed by atoms with Gasteiger partial charge in [0.25, 0.3) is 5.91 Å². The van der Waals surface area contributed by atoms with Gasteiger partial charge in [-0.3, -0.25) is 9.69 Å². The van der Waals surface area contributed by atoms with Crippen molar-refractivity contribution in [3.63, 3.8) is 0 Å². The van der Waals surface area contributed by atoms with E-state index in [1.54, 1.807) is 18.2 Å². The molecule has 20 heavy (non-hydrogen) atoms. The first kappa shape index (κ1) is 15.1. The Morgan fingerprint density at radius 2 is 2.40 bits per heavy atom. The number of hydrogen-bond acceptors (Lipinski definition) is 4. The van der Waals surface area contributed by atoms with Crippen LogP contribution in [0.4, 0.5) is 5.69 Å². The molecule has 1 aliphatic rings. The fourth-order valence-corrected chi connectivity index (χ4v) is 2.43. The van der Waals surface area contributed by atoms with Crippen molar-refractivity contribution >= 4 is 23.2 Å². The number of morpholine rings is 1. The molecule has 110 valence electrons. The highest BCUT2D eigenvalue weighted by Crippen LogP contribution is 2.22. The largest absolute Gasteiger partial charge is 0.398 e. The molecule has 1 unspecified atom stereocenters. The monoisotopic (exact) mass is 297 g/mol. The summed E-state index contributed by atoms with van der Waals surface area (Å²) in [5.41, 5.74) is 6.50. The maximum atomic E-state index is 12.1. The lowest BCUT2D eigenvalue weighted by molar-refractivity contribution is -0.0246. The van der Waals surface area contributed by atoms with Crippen LogP contribution in [0, 0.1) is 0 Å². The third-order valence-electron chi connectivity index (χ3n) is 3.43. The average Bonchev–Trinajstić information content (AvgIpc) is 2.48. The van der Waals surface area contributed by atoms with E-state index in [1.165, 1.54) is 0 Å². The van der Waals surface area contributed by atoms with Crippen molar-refractivity contribution in [1.29, 1.82) is 0 Å². The molecule has 1 aromatic rings. The molecule has 3 N–H and O–H groups in total. The van der Waals surface area contributed by atoms with Crippen LogP contribution in [0.1, 0.15) is 17.3 Å². The number of carbonyl (C=O) groups excluding carboxylic acids is 1. The Morgan fingerprint density at radius 1 is 1.60 bits per heavy atom. The van der Waals surface area contributed by atoms with Crippen molar-refractivity contribution in [2.24, 2.45) is 0 Å². The van der Waals surface area contributed by atoms with Gasteiger partial charge in [-0.2, -0.15) is 0 Å². The second-order valence-electron chi connectivity index (χ2n) is 4.80. The van der Waals surface area contributed by atoms with E-state index in [9.17, 15) is 4.79 Å². The first-order valence-corrected chi connectivity index (χ1v) is 7.15. The summed E-state index contributed by atoms with van der Waals surface area (Å²) < 4.78 is 5.64. The van der Waals surface area contributed by atoms with E-state index in [0.29, 0.717) is 29.4 Å². The number of nitrogens with zero attached hydrogens (tertiary/aromatic N) is 1. The predicted octanol–water partition coefficient (Wildman–Crippen LogP) is 1.37. The molecule has 1 atom stereocenters. The molecule has 1 amide bonds. The standard InChI is InChI=1S/C14H20ClN3O2/c1-2-18-6-7-20-10(9-18)8-17-14(19)11-4-3-5-12(16)13(11)15/h3-5,10H,2,6-9,16H2,1H3,(H,17,19). The van der Waals surface area contributed by atoms with Gasteiger partial charge >= 0.3 is 0 Å². The topological polar surface area (TPSA) is 67.6 Å². The van der Waals surface area contributed by atoms with Crippen molar-refractivity contribution in [3.8, 4) is 0 Å². The van der Waals surface area contributed by atoms with E-state index >= 15 is 0 Å². The summed E-state index contributed by atoms with van der Waals surface area (Å²) in [5.74, 6) is -0.223. The zero-order valence-corrected chi connectivity index (χ0v) is 12.3. The third-order valence-corrected chi connectivity index (χ3v) is 3.86. The van der Waals surface area contributed by atoms with Crippen molar-refractivity contribution < 1.29 is 9.53 Å². The number of halogens is 1. The van der Waals surface area contributed by atoms with Crippen molar-refractivity contribution in [2.45, 2.75) is 13.0 Å². The molecule has 1 aromatic carbocycles. The van der Waals surface area contributed by atoms with Crippen molar-refractivity contribution in [3.05, 3.63) is 28.8 Å². The molecule has 2 rings (SSSR count). The smallest absolute Gasteiger partial charge is 0.252 e. The van der Waals surface area contributed by atoms with Gasteiger partial charge in [-0.15, -0.1) is 0 Å². The number of rotatable bonds is 4. The van der Waals surface area contributed by atoms with Crippen LogP contribution < -0.4 is 11.1 Å². The highest BCUT2D eigenvalue weighted by atomic mass is 35.5. The number of nitrogens with one attached hydrogen (secondary N) is 1. The Kier molecular flexibility index (Phi) is 5.23. The molecule has 1 heterocycles. The lowest BCUT2D eigenvalue weighted by atomic mass is 10.2. The molecule has 0 aliphatic carbocycles. The molecular formula is C14H20ClN3O2. The Morgan fingerprint density at radius 3 is 3.15 bits per heavy atom. The van der Waals surface area contributed by atoms with Crippen LogP contribution in [0.25, 0.3) is 0 Å². The van der Waals surface area contributed by atoms with Crippen LogP contribution in [0.15, 0.2) is 18.2 Å². The van der Waals surface area contributed by atoms with Crippen LogP contribution >= 0.6 is 11.6 Å². The normalized spacial score (nSPS) is 19.8. The first-order valence-electron chi connectivity index (χ1n) is 6.78. The number of anilines is 1. The number of nitrogen functional groups attached to an aromatic ring is 1. The van der Waals surface area contributed by atoms with Crippen molar-refractivity contribution in [1.82, 2.24) is 10.2 Å². The molecule has 6 heteroatoms. The van der Waals surface area contributed by atoms with E-state index < -0.39 is 0 Å². The number of benzene rings is 1. The van der Waals surface area contributed by atoms with Crippen molar-refractivity contribution in [2.75, 3.05) is 38.5 Å². The molecular weight excluding hydrogens is 278 g/mol. The van der Waals surface area contributed by atoms with Gasteiger partial charge in [0, 0.05) is 19.6 Å². The van der Waals surface area contributed by atoms with Gasteiger partial charge in [0.2, 0.25) is 0 Å². The Labute approximate surface area is 124 Å². The minimum atomic E-state index is -0.223. The minimum Gasteiger partial charge on any atom is -0.398 e. The summed E-state index contributed by atoms with van der Waals surface area (Å²) in [4.78, 5) is 14.4. The van der Waals surface area contributed by atoms with Gasteiger partial charge in [-0.1, -0.05) is 24.6 Å². The van der Waals surface area contributed by atoms with Crippen LogP contribution in [-0.2, 0) is 4.74 Å². The predicted molar refractivity (Wildman–Crippen MR) is 80.1 cm³/mol. The molecule has 0 aromatic heterocycles.